The van der Waals surface area contributed by atoms with E-state index in [1.165, 1.54) is 0 Å². The molecule has 20 heavy (non-hydrogen) atoms. The van der Waals surface area contributed by atoms with Crippen molar-refractivity contribution in [2.24, 2.45) is 0 Å². The quantitative estimate of drug-likeness (QED) is 0.834. The van der Waals surface area contributed by atoms with Gasteiger partial charge in [-0.15, -0.1) is 0 Å². The minimum absolute atomic E-state index is 0.0920. The Kier molecular flexibility index (Phi) is 3.11. The Bertz CT molecular complexity index is 751. The van der Waals surface area contributed by atoms with Gasteiger partial charge in [-0.25, -0.2) is 4.98 Å². The van der Waals surface area contributed by atoms with Gasteiger partial charge in [-0.1, -0.05) is 12.1 Å². The van der Waals surface area contributed by atoms with Crippen LogP contribution in [0.15, 0.2) is 29.1 Å². The predicted octanol–water partition coefficient (Wildman–Crippen LogP) is 1.96. The predicted molar refractivity (Wildman–Crippen MR) is 75.5 cm³/mol. The van der Waals surface area contributed by atoms with E-state index < -0.39 is 0 Å². The maximum Gasteiger partial charge on any atom is 0.257 e. The monoisotopic (exact) mass is 265 g/mol. The van der Waals surface area contributed by atoms with Crippen LogP contribution in [0.3, 0.4) is 0 Å². The zero-order chi connectivity index (χ0) is 14.1. The van der Waals surface area contributed by atoms with Gasteiger partial charge in [0.15, 0.2) is 0 Å². The minimum atomic E-state index is 0.0920. The summed E-state index contributed by atoms with van der Waals surface area (Å²) in [7, 11) is 0. The Morgan fingerprint density at radius 3 is 2.75 bits per heavy atom. The lowest BCUT2D eigenvalue weighted by molar-refractivity contribution is 0.686. The number of hydrogen-bond acceptors (Lipinski definition) is 3. The second-order valence-corrected chi connectivity index (χ2v) is 5.14. The first-order chi connectivity index (χ1) is 9.69. The van der Waals surface area contributed by atoms with E-state index in [-0.39, 0.29) is 5.56 Å². The average molecular weight is 265 g/mol. The highest BCUT2D eigenvalue weighted by Gasteiger charge is 2.19. The topological polar surface area (TPSA) is 58.7 Å². The van der Waals surface area contributed by atoms with Crippen LogP contribution < -0.4 is 5.56 Å². The molecule has 0 radical (unpaired) electrons. The van der Waals surface area contributed by atoms with Crippen molar-refractivity contribution in [1.82, 2.24) is 9.55 Å². The molecule has 100 valence electrons. The van der Waals surface area contributed by atoms with E-state index in [0.717, 1.165) is 41.9 Å². The molecule has 0 aliphatic heterocycles. The summed E-state index contributed by atoms with van der Waals surface area (Å²) in [5, 5.41) is 8.80. The van der Waals surface area contributed by atoms with Crippen LogP contribution in [-0.4, -0.2) is 9.55 Å². The lowest BCUT2D eigenvalue weighted by Gasteiger charge is -2.11. The number of aromatic nitrogens is 2. The summed E-state index contributed by atoms with van der Waals surface area (Å²) < 4.78 is 1.73. The average Bonchev–Trinajstić information content (AvgIpc) is 2.92. The molecule has 1 aliphatic carbocycles. The number of aryl methyl sites for hydroxylation is 2. The summed E-state index contributed by atoms with van der Waals surface area (Å²) in [4.78, 5) is 17.0. The largest absolute Gasteiger partial charge is 0.292 e. The Labute approximate surface area is 117 Å². The third-order valence-electron chi connectivity index (χ3n) is 3.80. The van der Waals surface area contributed by atoms with Crippen LogP contribution in [0.4, 0.5) is 0 Å². The molecule has 1 aliphatic rings. The molecule has 1 aromatic heterocycles. The Morgan fingerprint density at radius 2 is 2.05 bits per heavy atom. The smallest absolute Gasteiger partial charge is 0.257 e. The number of nitrogens with zero attached hydrogens (tertiary/aromatic N) is 3. The van der Waals surface area contributed by atoms with E-state index >= 15 is 0 Å². The van der Waals surface area contributed by atoms with Crippen LogP contribution in [0.5, 0.6) is 0 Å². The van der Waals surface area contributed by atoms with Gasteiger partial charge in [0.2, 0.25) is 0 Å². The highest BCUT2D eigenvalue weighted by Crippen LogP contribution is 2.17. The van der Waals surface area contributed by atoms with Crippen molar-refractivity contribution in [1.29, 1.82) is 5.26 Å². The van der Waals surface area contributed by atoms with E-state index in [2.05, 4.69) is 11.1 Å². The van der Waals surface area contributed by atoms with Crippen LogP contribution in [0.25, 0.3) is 0 Å². The van der Waals surface area contributed by atoms with Gasteiger partial charge in [-0.2, -0.15) is 5.26 Å². The van der Waals surface area contributed by atoms with E-state index in [0.29, 0.717) is 12.1 Å². The Hall–Kier alpha value is -2.41. The van der Waals surface area contributed by atoms with Crippen molar-refractivity contribution >= 4 is 0 Å². The summed E-state index contributed by atoms with van der Waals surface area (Å²) in [6, 6.07) is 9.42. The van der Waals surface area contributed by atoms with Gasteiger partial charge in [0.05, 0.1) is 23.9 Å². The molecule has 0 N–H and O–H groups in total. The fraction of sp³-hybridized carbons (Fsp3) is 0.312. The van der Waals surface area contributed by atoms with Crippen molar-refractivity contribution in [2.75, 3.05) is 0 Å². The number of fused-ring (bicyclic) bond motifs is 1. The SMILES string of the molecule is Cc1nc2c(c(=O)n1Cc1ccc(C#N)cc1)CCC2. The molecule has 0 spiro atoms. The minimum Gasteiger partial charge on any atom is -0.292 e. The van der Waals surface area contributed by atoms with Crippen LogP contribution >= 0.6 is 0 Å². The first-order valence-corrected chi connectivity index (χ1v) is 6.77. The second kappa shape index (κ2) is 4.93. The number of rotatable bonds is 2. The molecule has 4 nitrogen and oxygen atoms in total. The molecule has 0 unspecified atom stereocenters. The van der Waals surface area contributed by atoms with Crippen LogP contribution in [-0.2, 0) is 19.4 Å². The molecule has 2 aromatic rings. The van der Waals surface area contributed by atoms with E-state index in [9.17, 15) is 4.79 Å². The van der Waals surface area contributed by atoms with Gasteiger partial charge in [0.25, 0.3) is 5.56 Å². The summed E-state index contributed by atoms with van der Waals surface area (Å²) in [5.41, 5.74) is 3.58. The fourth-order valence-corrected chi connectivity index (χ4v) is 2.70. The van der Waals surface area contributed by atoms with Gasteiger partial charge in [0.1, 0.15) is 5.82 Å². The van der Waals surface area contributed by atoms with Crippen molar-refractivity contribution < 1.29 is 0 Å². The van der Waals surface area contributed by atoms with Crippen molar-refractivity contribution in [3.63, 3.8) is 0 Å². The molecule has 0 amide bonds. The summed E-state index contributed by atoms with van der Waals surface area (Å²) in [5.74, 6) is 0.764. The molecule has 0 saturated heterocycles. The Morgan fingerprint density at radius 1 is 1.30 bits per heavy atom. The molecule has 3 rings (SSSR count). The zero-order valence-electron chi connectivity index (χ0n) is 11.4. The van der Waals surface area contributed by atoms with Crippen molar-refractivity contribution in [2.45, 2.75) is 32.7 Å². The normalized spacial score (nSPS) is 13.0. The van der Waals surface area contributed by atoms with Crippen LogP contribution in [0, 0.1) is 18.3 Å². The fourth-order valence-electron chi connectivity index (χ4n) is 2.70. The summed E-state index contributed by atoms with van der Waals surface area (Å²) >= 11 is 0. The van der Waals surface area contributed by atoms with E-state index in [1.54, 1.807) is 16.7 Å². The highest BCUT2D eigenvalue weighted by atomic mass is 16.1. The number of benzene rings is 1. The zero-order valence-corrected chi connectivity index (χ0v) is 11.4. The Balaban J connectivity index is 1.99. The van der Waals surface area contributed by atoms with Crippen LogP contribution in [0.1, 0.15) is 34.6 Å². The highest BCUT2D eigenvalue weighted by molar-refractivity contribution is 5.32. The second-order valence-electron chi connectivity index (χ2n) is 5.14. The van der Waals surface area contributed by atoms with Crippen LogP contribution in [0.2, 0.25) is 0 Å². The molecule has 0 fully saturated rings. The van der Waals surface area contributed by atoms with Gasteiger partial charge < -0.3 is 0 Å². The van der Waals surface area contributed by atoms with Gasteiger partial charge in [-0.05, 0) is 43.9 Å². The molecule has 4 heteroatoms. The van der Waals surface area contributed by atoms with Crippen molar-refractivity contribution in [3.8, 4) is 6.07 Å². The first kappa shape index (κ1) is 12.6. The van der Waals surface area contributed by atoms with E-state index in [4.69, 9.17) is 5.26 Å². The van der Waals surface area contributed by atoms with Crippen molar-refractivity contribution in [3.05, 3.63) is 62.8 Å². The molecule has 1 heterocycles. The molecule has 0 atom stereocenters. The third-order valence-corrected chi connectivity index (χ3v) is 3.80. The molecule has 0 bridgehead atoms. The maximum atomic E-state index is 12.5. The third kappa shape index (κ3) is 2.12. The maximum absolute atomic E-state index is 12.5. The van der Waals surface area contributed by atoms with Gasteiger partial charge in [0, 0.05) is 5.56 Å². The number of hydrogen-bond donors (Lipinski definition) is 0. The lowest BCUT2D eigenvalue weighted by Crippen LogP contribution is -2.27. The molecule has 1 aromatic carbocycles. The first-order valence-electron chi connectivity index (χ1n) is 6.77. The lowest BCUT2D eigenvalue weighted by atomic mass is 10.1. The number of nitriles is 1. The molecular formula is C16H15N3O. The van der Waals surface area contributed by atoms with Gasteiger partial charge in [-0.3, -0.25) is 9.36 Å². The molecular weight excluding hydrogens is 250 g/mol. The standard InChI is InChI=1S/C16H15N3O/c1-11-18-15-4-2-3-14(15)16(20)19(11)10-13-7-5-12(9-17)6-8-13/h5-8H,2-4,10H2,1H3. The van der Waals surface area contributed by atoms with Gasteiger partial charge >= 0.3 is 0 Å². The molecule has 0 saturated carbocycles. The summed E-state index contributed by atoms with van der Waals surface area (Å²) in [6.45, 7) is 2.39. The van der Waals surface area contributed by atoms with E-state index in [1.807, 2.05) is 19.1 Å². The summed E-state index contributed by atoms with van der Waals surface area (Å²) in [6.07, 6.45) is 2.79.